The van der Waals surface area contributed by atoms with Gasteiger partial charge in [0.2, 0.25) is 0 Å². The normalized spacial score (nSPS) is 10.5. The van der Waals surface area contributed by atoms with Crippen molar-refractivity contribution in [3.8, 4) is 11.5 Å². The summed E-state index contributed by atoms with van der Waals surface area (Å²) in [4.78, 5) is 19.6. The maximum atomic E-state index is 12.4. The van der Waals surface area contributed by atoms with Gasteiger partial charge >= 0.3 is 0 Å². The van der Waals surface area contributed by atoms with E-state index in [0.29, 0.717) is 22.9 Å². The highest BCUT2D eigenvalue weighted by molar-refractivity contribution is 6.06. The number of amides is 1. The molecule has 0 spiro atoms. The van der Waals surface area contributed by atoms with Crippen LogP contribution in [0.4, 0.5) is 5.69 Å². The van der Waals surface area contributed by atoms with Crippen molar-refractivity contribution >= 4 is 22.6 Å². The Balaban J connectivity index is 1.90. The molecule has 2 N–H and O–H groups in total. The van der Waals surface area contributed by atoms with Crippen LogP contribution in [0.2, 0.25) is 0 Å². The van der Waals surface area contributed by atoms with Gasteiger partial charge in [-0.1, -0.05) is 0 Å². The van der Waals surface area contributed by atoms with Gasteiger partial charge in [-0.05, 0) is 30.3 Å². The molecule has 22 heavy (non-hydrogen) atoms. The number of nitrogens with one attached hydrogen (secondary N) is 2. The Labute approximate surface area is 127 Å². The van der Waals surface area contributed by atoms with Gasteiger partial charge in [0, 0.05) is 12.3 Å². The van der Waals surface area contributed by atoms with Crippen LogP contribution < -0.4 is 14.8 Å². The summed E-state index contributed by atoms with van der Waals surface area (Å²) in [6.07, 6.45) is 1.68. The van der Waals surface area contributed by atoms with E-state index in [-0.39, 0.29) is 5.91 Å². The van der Waals surface area contributed by atoms with Gasteiger partial charge in [-0.2, -0.15) is 0 Å². The van der Waals surface area contributed by atoms with E-state index < -0.39 is 0 Å². The third-order valence-corrected chi connectivity index (χ3v) is 3.29. The number of anilines is 1. The van der Waals surface area contributed by atoms with Crippen LogP contribution in [0.5, 0.6) is 11.5 Å². The van der Waals surface area contributed by atoms with Gasteiger partial charge in [0.1, 0.15) is 17.2 Å². The molecular formula is C16H15N3O3. The number of hydrogen-bond acceptors (Lipinski definition) is 4. The third kappa shape index (κ3) is 2.58. The summed E-state index contributed by atoms with van der Waals surface area (Å²) in [5, 5.41) is 2.81. The standard InChI is InChI=1S/C16H15N3O3/c1-21-10-5-6-15(22-2)13(8-10)19-16(20)14-9-12-11(18-14)4-3-7-17-12/h3-9,18H,1-2H3,(H,19,20). The molecule has 2 aromatic heterocycles. The summed E-state index contributed by atoms with van der Waals surface area (Å²) in [6, 6.07) is 10.6. The highest BCUT2D eigenvalue weighted by Gasteiger charge is 2.13. The fourth-order valence-electron chi connectivity index (χ4n) is 2.18. The number of ether oxygens (including phenoxy) is 2. The minimum atomic E-state index is -0.274. The highest BCUT2D eigenvalue weighted by Crippen LogP contribution is 2.29. The molecule has 0 aliphatic carbocycles. The molecule has 0 atom stereocenters. The van der Waals surface area contributed by atoms with Crippen molar-refractivity contribution in [1.29, 1.82) is 0 Å². The fraction of sp³-hybridized carbons (Fsp3) is 0.125. The minimum absolute atomic E-state index is 0.274. The molecule has 0 saturated heterocycles. The predicted octanol–water partition coefficient (Wildman–Crippen LogP) is 2.83. The molecule has 3 rings (SSSR count). The number of carbonyl (C=O) groups excluding carboxylic acids is 1. The summed E-state index contributed by atoms with van der Waals surface area (Å²) < 4.78 is 10.4. The fourth-order valence-corrected chi connectivity index (χ4v) is 2.18. The number of nitrogens with zero attached hydrogens (tertiary/aromatic N) is 1. The molecule has 0 saturated carbocycles. The lowest BCUT2D eigenvalue weighted by atomic mass is 10.2. The Bertz CT molecular complexity index is 793. The second kappa shape index (κ2) is 5.77. The predicted molar refractivity (Wildman–Crippen MR) is 83.6 cm³/mol. The van der Waals surface area contributed by atoms with Crippen molar-refractivity contribution in [2.45, 2.75) is 0 Å². The van der Waals surface area contributed by atoms with E-state index in [1.807, 2.05) is 12.1 Å². The summed E-state index contributed by atoms with van der Waals surface area (Å²) in [5.74, 6) is 0.919. The van der Waals surface area contributed by atoms with E-state index in [4.69, 9.17) is 9.47 Å². The van der Waals surface area contributed by atoms with E-state index in [1.165, 1.54) is 0 Å². The molecule has 6 nitrogen and oxygen atoms in total. The lowest BCUT2D eigenvalue weighted by Crippen LogP contribution is -2.13. The van der Waals surface area contributed by atoms with Crippen LogP contribution >= 0.6 is 0 Å². The first-order valence-electron chi connectivity index (χ1n) is 6.68. The highest BCUT2D eigenvalue weighted by atomic mass is 16.5. The minimum Gasteiger partial charge on any atom is -0.497 e. The molecule has 1 amide bonds. The van der Waals surface area contributed by atoms with Crippen molar-refractivity contribution in [3.63, 3.8) is 0 Å². The first-order chi connectivity index (χ1) is 10.7. The topological polar surface area (TPSA) is 76.2 Å². The van der Waals surface area contributed by atoms with E-state index >= 15 is 0 Å². The molecule has 0 unspecified atom stereocenters. The van der Waals surface area contributed by atoms with Crippen LogP contribution in [0.1, 0.15) is 10.5 Å². The Morgan fingerprint density at radius 2 is 2.05 bits per heavy atom. The zero-order valence-electron chi connectivity index (χ0n) is 12.2. The Kier molecular flexibility index (Phi) is 3.65. The lowest BCUT2D eigenvalue weighted by molar-refractivity contribution is 0.102. The van der Waals surface area contributed by atoms with Crippen molar-refractivity contribution in [3.05, 3.63) is 48.3 Å². The maximum absolute atomic E-state index is 12.4. The summed E-state index contributed by atoms with van der Waals surface area (Å²) in [6.45, 7) is 0. The van der Waals surface area contributed by atoms with Gasteiger partial charge in [-0.15, -0.1) is 0 Å². The number of aromatic nitrogens is 2. The monoisotopic (exact) mass is 297 g/mol. The molecule has 112 valence electrons. The molecule has 2 heterocycles. The zero-order chi connectivity index (χ0) is 15.5. The van der Waals surface area contributed by atoms with Gasteiger partial charge in [-0.3, -0.25) is 9.78 Å². The second-order valence-corrected chi connectivity index (χ2v) is 4.64. The average molecular weight is 297 g/mol. The number of benzene rings is 1. The third-order valence-electron chi connectivity index (χ3n) is 3.29. The first-order valence-corrected chi connectivity index (χ1v) is 6.68. The van der Waals surface area contributed by atoms with E-state index in [9.17, 15) is 4.79 Å². The number of hydrogen-bond donors (Lipinski definition) is 2. The Morgan fingerprint density at radius 1 is 1.18 bits per heavy atom. The smallest absolute Gasteiger partial charge is 0.272 e. The van der Waals surface area contributed by atoms with Crippen molar-refractivity contribution in [2.24, 2.45) is 0 Å². The van der Waals surface area contributed by atoms with Crippen LogP contribution in [0.15, 0.2) is 42.6 Å². The van der Waals surface area contributed by atoms with Crippen LogP contribution in [0.25, 0.3) is 11.0 Å². The van der Waals surface area contributed by atoms with Gasteiger partial charge in [0.15, 0.2) is 0 Å². The van der Waals surface area contributed by atoms with Crippen LogP contribution in [-0.4, -0.2) is 30.1 Å². The van der Waals surface area contributed by atoms with Crippen molar-refractivity contribution in [1.82, 2.24) is 9.97 Å². The van der Waals surface area contributed by atoms with Gasteiger partial charge < -0.3 is 19.8 Å². The average Bonchev–Trinajstić information content (AvgIpc) is 2.99. The number of rotatable bonds is 4. The number of fused-ring (bicyclic) bond motifs is 1. The van der Waals surface area contributed by atoms with Gasteiger partial charge in [0.25, 0.3) is 5.91 Å². The van der Waals surface area contributed by atoms with Crippen molar-refractivity contribution in [2.75, 3.05) is 19.5 Å². The lowest BCUT2D eigenvalue weighted by Gasteiger charge is -2.11. The SMILES string of the molecule is COc1ccc(OC)c(NC(=O)c2cc3ncccc3[nH]2)c1. The summed E-state index contributed by atoms with van der Waals surface area (Å²) in [7, 11) is 3.11. The molecular weight excluding hydrogens is 282 g/mol. The van der Waals surface area contributed by atoms with E-state index in [0.717, 1.165) is 11.0 Å². The molecule has 0 radical (unpaired) electrons. The quantitative estimate of drug-likeness (QED) is 0.776. The molecule has 1 aromatic carbocycles. The largest absolute Gasteiger partial charge is 0.497 e. The Hall–Kier alpha value is -3.02. The number of methoxy groups -OCH3 is 2. The molecule has 6 heteroatoms. The number of pyridine rings is 1. The maximum Gasteiger partial charge on any atom is 0.272 e. The summed E-state index contributed by atoms with van der Waals surface area (Å²) in [5.41, 5.74) is 2.52. The Morgan fingerprint density at radius 3 is 2.77 bits per heavy atom. The molecule has 0 aliphatic heterocycles. The summed E-state index contributed by atoms with van der Waals surface area (Å²) >= 11 is 0. The molecule has 0 bridgehead atoms. The first kappa shape index (κ1) is 13.9. The second-order valence-electron chi connectivity index (χ2n) is 4.64. The number of aromatic amines is 1. The zero-order valence-corrected chi connectivity index (χ0v) is 12.2. The van der Waals surface area contributed by atoms with Gasteiger partial charge in [-0.25, -0.2) is 0 Å². The molecule has 0 aliphatic rings. The van der Waals surface area contributed by atoms with Crippen LogP contribution in [-0.2, 0) is 0 Å². The molecule has 0 fully saturated rings. The van der Waals surface area contributed by atoms with Gasteiger partial charge in [0.05, 0.1) is 30.9 Å². The van der Waals surface area contributed by atoms with E-state index in [1.54, 1.807) is 44.7 Å². The number of carbonyl (C=O) groups is 1. The molecule has 3 aromatic rings. The van der Waals surface area contributed by atoms with E-state index in [2.05, 4.69) is 15.3 Å². The van der Waals surface area contributed by atoms with Crippen LogP contribution in [0, 0.1) is 0 Å². The number of H-pyrrole nitrogens is 1. The van der Waals surface area contributed by atoms with Crippen LogP contribution in [0.3, 0.4) is 0 Å². The van der Waals surface area contributed by atoms with Crippen molar-refractivity contribution < 1.29 is 14.3 Å².